The molecule has 1 N–H and O–H groups in total. The molecule has 0 unspecified atom stereocenters. The van der Waals surface area contributed by atoms with Crippen LogP contribution in [0.4, 0.5) is 5.69 Å². The van der Waals surface area contributed by atoms with Crippen LogP contribution in [0.25, 0.3) is 0 Å². The Morgan fingerprint density at radius 1 is 1.25 bits per heavy atom. The van der Waals surface area contributed by atoms with Crippen molar-refractivity contribution in [2.45, 2.75) is 19.3 Å². The first-order chi connectivity index (χ1) is 11.0. The number of fused-ring (bicyclic) bond motifs is 2. The Labute approximate surface area is 148 Å². The van der Waals surface area contributed by atoms with E-state index < -0.39 is 21.6 Å². The molecule has 126 valence electrons. The molecule has 1 aromatic rings. The topological polar surface area (TPSA) is 93.0 Å². The summed E-state index contributed by atoms with van der Waals surface area (Å²) in [5.41, 5.74) is 1.37. The molecule has 24 heavy (non-hydrogen) atoms. The molecule has 1 aliphatic heterocycles. The summed E-state index contributed by atoms with van der Waals surface area (Å²) < 4.78 is 35.1. The van der Waals surface area contributed by atoms with Gasteiger partial charge >= 0.3 is 10.4 Å². The van der Waals surface area contributed by atoms with Crippen LogP contribution in [0.2, 0.25) is 0 Å². The Hall–Kier alpha value is -1.67. The molecule has 2 aliphatic rings. The number of benzene rings is 1. The summed E-state index contributed by atoms with van der Waals surface area (Å²) in [6, 6.07) is 4.35. The monoisotopic (exact) mass is 387 g/mol. The van der Waals surface area contributed by atoms with Crippen molar-refractivity contribution in [1.82, 2.24) is 0 Å². The average Bonchev–Trinajstić information content (AvgIpc) is 2.43. The van der Waals surface area contributed by atoms with E-state index >= 15 is 0 Å². The van der Waals surface area contributed by atoms with Gasteiger partial charge in [-0.2, -0.15) is 8.42 Å². The highest BCUT2D eigenvalue weighted by atomic mass is 35.5. The number of carbonyl (C=O) groups excluding carboxylic acids is 1. The van der Waals surface area contributed by atoms with Gasteiger partial charge in [-0.05, 0) is 29.8 Å². The Morgan fingerprint density at radius 3 is 2.54 bits per heavy atom. The van der Waals surface area contributed by atoms with Gasteiger partial charge in [0.25, 0.3) is 0 Å². The Bertz CT molecular complexity index is 974. The zero-order chi connectivity index (χ0) is 17.9. The first-order valence-electron chi connectivity index (χ1n) is 6.73. The number of carbonyl (C=O) groups is 1. The highest BCUT2D eigenvalue weighted by molar-refractivity contribution is 7.81. The molecule has 1 heterocycles. The normalized spacial score (nSPS) is 19.3. The molecule has 0 radical (unpaired) electrons. The first-order valence-corrected chi connectivity index (χ1v) is 8.85. The van der Waals surface area contributed by atoms with Crippen LogP contribution in [0.3, 0.4) is 0 Å². The lowest BCUT2D eigenvalue weighted by Crippen LogP contribution is -2.32. The minimum atomic E-state index is -4.65. The van der Waals surface area contributed by atoms with Crippen molar-refractivity contribution < 1.29 is 21.9 Å². The number of nitrogens with zero attached hydrogens (tertiary/aromatic N) is 1. The van der Waals surface area contributed by atoms with E-state index in [2.05, 4.69) is 9.18 Å². The maximum absolute atomic E-state index is 12.1. The second-order valence-electron chi connectivity index (χ2n) is 5.82. The van der Waals surface area contributed by atoms with Crippen LogP contribution in [0.15, 0.2) is 44.9 Å². The lowest BCUT2D eigenvalue weighted by molar-refractivity contribution is -0.111. The summed E-state index contributed by atoms with van der Waals surface area (Å²) in [7, 11) is -4.65. The van der Waals surface area contributed by atoms with Gasteiger partial charge in [0.05, 0.1) is 21.5 Å². The van der Waals surface area contributed by atoms with Crippen molar-refractivity contribution in [3.8, 4) is 5.75 Å². The third-order valence-corrected chi connectivity index (χ3v) is 4.91. The fraction of sp³-hybridized carbons (Fsp3) is 0.200. The molecule has 0 aromatic heterocycles. The summed E-state index contributed by atoms with van der Waals surface area (Å²) in [4.78, 5) is 16.5. The quantitative estimate of drug-likeness (QED) is 0.619. The highest BCUT2D eigenvalue weighted by Crippen LogP contribution is 2.47. The smallest absolute Gasteiger partial charge is 0.362 e. The molecule has 1 aromatic carbocycles. The van der Waals surface area contributed by atoms with E-state index in [1.54, 1.807) is 6.07 Å². The van der Waals surface area contributed by atoms with Crippen LogP contribution in [0.5, 0.6) is 5.75 Å². The highest BCUT2D eigenvalue weighted by Gasteiger charge is 2.40. The second kappa shape index (κ2) is 5.42. The molecule has 1 aliphatic carbocycles. The molecule has 6 nitrogen and oxygen atoms in total. The van der Waals surface area contributed by atoms with Gasteiger partial charge in [-0.1, -0.05) is 37.0 Å². The van der Waals surface area contributed by atoms with E-state index in [-0.39, 0.29) is 15.8 Å². The number of hydrogen-bond donors (Lipinski definition) is 1. The second-order valence-corrected chi connectivity index (χ2v) is 7.63. The summed E-state index contributed by atoms with van der Waals surface area (Å²) in [5, 5.41) is -0.0499. The molecule has 0 spiro atoms. The number of allylic oxidation sites excluding steroid dienone is 4. The van der Waals surface area contributed by atoms with Crippen LogP contribution < -0.4 is 4.18 Å². The molecular formula is C15H11Cl2NO5S. The van der Waals surface area contributed by atoms with Crippen molar-refractivity contribution in [3.63, 3.8) is 0 Å². The van der Waals surface area contributed by atoms with Crippen molar-refractivity contribution in [2.75, 3.05) is 0 Å². The van der Waals surface area contributed by atoms with Gasteiger partial charge in [-0.25, -0.2) is 4.99 Å². The zero-order valence-electron chi connectivity index (χ0n) is 12.5. The van der Waals surface area contributed by atoms with Crippen molar-refractivity contribution in [1.29, 1.82) is 0 Å². The number of Topliss-reactive ketones (excluding diaryl/α,β-unsaturated/α-hetero) is 1. The summed E-state index contributed by atoms with van der Waals surface area (Å²) in [6.45, 7) is 3.63. The van der Waals surface area contributed by atoms with Gasteiger partial charge in [-0.15, -0.1) is 0 Å². The maximum atomic E-state index is 12.1. The van der Waals surface area contributed by atoms with E-state index in [9.17, 15) is 13.2 Å². The fourth-order valence-electron chi connectivity index (χ4n) is 2.82. The van der Waals surface area contributed by atoms with E-state index in [0.717, 1.165) is 0 Å². The molecule has 0 saturated carbocycles. The first kappa shape index (κ1) is 17.2. The number of halogens is 2. The number of rotatable bonds is 2. The Kier molecular flexibility index (Phi) is 3.88. The Morgan fingerprint density at radius 2 is 1.92 bits per heavy atom. The molecule has 0 saturated heterocycles. The van der Waals surface area contributed by atoms with Crippen molar-refractivity contribution in [3.05, 3.63) is 45.5 Å². The van der Waals surface area contributed by atoms with E-state index in [0.29, 0.717) is 22.5 Å². The van der Waals surface area contributed by atoms with Crippen LogP contribution in [0.1, 0.15) is 19.4 Å². The van der Waals surface area contributed by atoms with E-state index in [4.69, 9.17) is 27.8 Å². The lowest BCUT2D eigenvalue weighted by atomic mass is 9.71. The van der Waals surface area contributed by atoms with Gasteiger partial charge < -0.3 is 4.18 Å². The molecule has 0 bridgehead atoms. The molecule has 9 heteroatoms. The van der Waals surface area contributed by atoms with Crippen LogP contribution in [-0.2, 0) is 20.6 Å². The predicted molar refractivity (Wildman–Crippen MR) is 90.6 cm³/mol. The lowest BCUT2D eigenvalue weighted by Gasteiger charge is -2.36. The van der Waals surface area contributed by atoms with Crippen LogP contribution in [-0.4, -0.2) is 24.5 Å². The molecular weight excluding hydrogens is 377 g/mol. The number of ketones is 1. The van der Waals surface area contributed by atoms with E-state index in [1.807, 2.05) is 13.8 Å². The van der Waals surface area contributed by atoms with Gasteiger partial charge in [0.2, 0.25) is 5.78 Å². The predicted octanol–water partition coefficient (Wildman–Crippen LogP) is 3.43. The average molecular weight is 388 g/mol. The van der Waals surface area contributed by atoms with Gasteiger partial charge in [0.15, 0.2) is 0 Å². The molecule has 3 rings (SSSR count). The molecule has 0 fully saturated rings. The zero-order valence-corrected chi connectivity index (χ0v) is 14.8. The summed E-state index contributed by atoms with van der Waals surface area (Å²) >= 11 is 12.1. The number of hydrogen-bond acceptors (Lipinski definition) is 5. The standard InChI is InChI=1S/C15H11Cl2NO5S/c1-15(2)8-5-7(23-24(20,21)22)3-4-10(8)18-11-6-9(16)14(19)13(17)12(11)15/h3-6H,1-2H3,(H,20,21,22). The minimum absolute atomic E-state index is 0.0203. The summed E-state index contributed by atoms with van der Waals surface area (Å²) in [6.07, 6.45) is 1.46. The third kappa shape index (κ3) is 2.77. The van der Waals surface area contributed by atoms with Gasteiger partial charge in [0, 0.05) is 11.0 Å². The maximum Gasteiger partial charge on any atom is 0.446 e. The molecule has 0 atom stereocenters. The van der Waals surface area contributed by atoms with Crippen LogP contribution in [0, 0.1) is 0 Å². The van der Waals surface area contributed by atoms with Gasteiger partial charge in [0.1, 0.15) is 5.75 Å². The van der Waals surface area contributed by atoms with Crippen molar-refractivity contribution in [2.24, 2.45) is 4.99 Å². The van der Waals surface area contributed by atoms with Crippen molar-refractivity contribution >= 4 is 50.8 Å². The summed E-state index contributed by atoms with van der Waals surface area (Å²) in [5.74, 6) is -0.565. The van der Waals surface area contributed by atoms with Crippen LogP contribution >= 0.6 is 23.2 Å². The molecule has 0 amide bonds. The SMILES string of the molecule is CC1(C)C2=C(Cl)C(=O)C(Cl)=CC2=Nc2ccc(OS(=O)(=O)O)cc21. The van der Waals surface area contributed by atoms with E-state index in [1.165, 1.54) is 18.2 Å². The Balaban J connectivity index is 2.23. The third-order valence-electron chi connectivity index (χ3n) is 3.86. The largest absolute Gasteiger partial charge is 0.446 e. The number of aliphatic imine (C=N–C) groups is 1. The minimum Gasteiger partial charge on any atom is -0.362 e. The fourth-order valence-corrected chi connectivity index (χ4v) is 3.85. The van der Waals surface area contributed by atoms with Gasteiger partial charge in [-0.3, -0.25) is 9.35 Å².